The number of amides is 3. The molecule has 1 aromatic heterocycles. The molecular weight excluding hydrogens is 500 g/mol. The zero-order valence-corrected chi connectivity index (χ0v) is 18.7. The lowest BCUT2D eigenvalue weighted by Crippen LogP contribution is -2.74. The Morgan fingerprint density at radius 3 is 2.62 bits per heavy atom. The molecule has 0 bridgehead atoms. The van der Waals surface area contributed by atoms with Crippen LogP contribution in [-0.2, 0) is 34.3 Å². The van der Waals surface area contributed by atoms with Crippen LogP contribution in [0.1, 0.15) is 18.5 Å². The summed E-state index contributed by atoms with van der Waals surface area (Å²) in [6.07, 6.45) is -0.423. The Balaban J connectivity index is 1.57. The Bertz CT molecular complexity index is 1190. The van der Waals surface area contributed by atoms with Gasteiger partial charge in [0.15, 0.2) is 10.8 Å². The lowest BCUT2D eigenvalue weighted by Gasteiger charge is -2.45. The van der Waals surface area contributed by atoms with Crippen LogP contribution in [0, 0.1) is 0 Å². The normalized spacial score (nSPS) is 23.9. The second kappa shape index (κ2) is 8.37. The minimum atomic E-state index is -4.99. The van der Waals surface area contributed by atoms with E-state index in [1.165, 1.54) is 5.38 Å². The van der Waals surface area contributed by atoms with Crippen LogP contribution in [0.5, 0.6) is 0 Å². The topological polar surface area (TPSA) is 231 Å². The van der Waals surface area contributed by atoms with Gasteiger partial charge in [-0.15, -0.1) is 11.3 Å². The van der Waals surface area contributed by atoms with E-state index in [9.17, 15) is 37.3 Å². The number of carboxylic acids is 1. The minimum Gasteiger partial charge on any atom is -0.478 e. The molecule has 18 heteroatoms. The van der Waals surface area contributed by atoms with Crippen molar-refractivity contribution in [3.05, 3.63) is 11.1 Å². The first-order chi connectivity index (χ1) is 15.9. The molecule has 184 valence electrons. The van der Waals surface area contributed by atoms with Crippen molar-refractivity contribution in [2.45, 2.75) is 30.5 Å². The number of carboxylic acid groups (broad SMARTS) is 1. The van der Waals surface area contributed by atoms with Crippen LogP contribution < -0.4 is 11.1 Å². The molecule has 1 saturated carbocycles. The summed E-state index contributed by atoms with van der Waals surface area (Å²) in [5.41, 5.74) is 3.44. The maximum absolute atomic E-state index is 13.0. The van der Waals surface area contributed by atoms with Crippen LogP contribution in [-0.4, -0.2) is 99.2 Å². The van der Waals surface area contributed by atoms with Crippen LogP contribution in [0.2, 0.25) is 0 Å². The van der Waals surface area contributed by atoms with Crippen LogP contribution >= 0.6 is 11.3 Å². The number of thiazole rings is 1. The third kappa shape index (κ3) is 4.33. The van der Waals surface area contributed by atoms with E-state index in [1.807, 2.05) is 0 Å². The van der Waals surface area contributed by atoms with Gasteiger partial charge in [0.2, 0.25) is 5.60 Å². The molecule has 3 fully saturated rings. The van der Waals surface area contributed by atoms with Crippen molar-refractivity contribution in [2.75, 3.05) is 25.4 Å². The first-order valence-corrected chi connectivity index (χ1v) is 11.9. The molecule has 3 aliphatic rings. The monoisotopic (exact) mass is 518 g/mol. The SMILES string of the molecule is Nc1nc(/C(=N/OC2(C(=O)O)CC2)C(=O)NC2C(=O)N(S(=O)(=O)O)C2CN2CCOC2=O)cs1. The Hall–Kier alpha value is -3.51. The molecule has 2 aliphatic heterocycles. The van der Waals surface area contributed by atoms with Gasteiger partial charge in [-0.3, -0.25) is 14.1 Å². The van der Waals surface area contributed by atoms with Crippen molar-refractivity contribution in [1.29, 1.82) is 0 Å². The number of β-lactam (4-membered cyclic amide) rings is 1. The number of aliphatic carboxylic acids is 1. The lowest BCUT2D eigenvalue weighted by atomic mass is 9.97. The predicted octanol–water partition coefficient (Wildman–Crippen LogP) is -1.99. The highest BCUT2D eigenvalue weighted by Crippen LogP contribution is 2.40. The Kier molecular flexibility index (Phi) is 5.82. The van der Waals surface area contributed by atoms with Gasteiger partial charge < -0.3 is 30.6 Å². The maximum Gasteiger partial charge on any atom is 0.410 e. The van der Waals surface area contributed by atoms with Gasteiger partial charge in [-0.05, 0) is 0 Å². The van der Waals surface area contributed by atoms with Crippen molar-refractivity contribution < 1.29 is 46.8 Å². The van der Waals surface area contributed by atoms with Gasteiger partial charge in [-0.2, -0.15) is 8.42 Å². The summed E-state index contributed by atoms with van der Waals surface area (Å²) < 4.78 is 37.6. The largest absolute Gasteiger partial charge is 0.478 e. The number of carbonyl (C=O) groups excluding carboxylic acids is 3. The third-order valence-electron chi connectivity index (χ3n) is 5.34. The fourth-order valence-electron chi connectivity index (χ4n) is 3.36. The van der Waals surface area contributed by atoms with E-state index in [0.717, 1.165) is 16.2 Å². The molecular formula is C16H18N6O10S2. The van der Waals surface area contributed by atoms with Crippen molar-refractivity contribution in [1.82, 2.24) is 19.5 Å². The van der Waals surface area contributed by atoms with E-state index in [4.69, 9.17) is 15.3 Å². The van der Waals surface area contributed by atoms with Crippen LogP contribution in [0.15, 0.2) is 10.5 Å². The van der Waals surface area contributed by atoms with Crippen LogP contribution in [0.4, 0.5) is 9.93 Å². The lowest BCUT2D eigenvalue weighted by molar-refractivity contribution is -0.153. The first kappa shape index (κ1) is 23.6. The number of ether oxygens (including phenoxy) is 1. The average molecular weight is 518 g/mol. The number of nitrogens with one attached hydrogen (secondary N) is 1. The number of cyclic esters (lactones) is 1. The van der Waals surface area contributed by atoms with Crippen molar-refractivity contribution in [3.63, 3.8) is 0 Å². The van der Waals surface area contributed by atoms with Gasteiger partial charge in [0.25, 0.3) is 11.8 Å². The number of rotatable bonds is 9. The van der Waals surface area contributed by atoms with Gasteiger partial charge >= 0.3 is 22.4 Å². The highest BCUT2D eigenvalue weighted by Gasteiger charge is 2.56. The van der Waals surface area contributed by atoms with E-state index < -0.39 is 57.6 Å². The Labute approximate surface area is 195 Å². The average Bonchev–Trinajstić information content (AvgIpc) is 3.26. The van der Waals surface area contributed by atoms with Gasteiger partial charge in [0.1, 0.15) is 18.3 Å². The Morgan fingerprint density at radius 2 is 2.12 bits per heavy atom. The van der Waals surface area contributed by atoms with E-state index >= 15 is 0 Å². The molecule has 3 amide bonds. The van der Waals surface area contributed by atoms with E-state index in [2.05, 4.69) is 15.5 Å². The Morgan fingerprint density at radius 1 is 1.41 bits per heavy atom. The summed E-state index contributed by atoms with van der Waals surface area (Å²) >= 11 is 0.959. The summed E-state index contributed by atoms with van der Waals surface area (Å²) in [6.45, 7) is -0.198. The summed E-state index contributed by atoms with van der Waals surface area (Å²) in [4.78, 5) is 58.6. The van der Waals surface area contributed by atoms with E-state index in [1.54, 1.807) is 0 Å². The number of hydrogen-bond acceptors (Lipinski definition) is 12. The summed E-state index contributed by atoms with van der Waals surface area (Å²) in [5, 5.41) is 16.6. The van der Waals surface area contributed by atoms with Gasteiger partial charge in [0.05, 0.1) is 12.6 Å². The third-order valence-corrected chi connectivity index (χ3v) is 6.96. The molecule has 2 unspecified atom stereocenters. The molecule has 2 saturated heterocycles. The molecule has 0 radical (unpaired) electrons. The molecule has 16 nitrogen and oxygen atoms in total. The first-order valence-electron chi connectivity index (χ1n) is 9.67. The number of oxime groups is 1. The van der Waals surface area contributed by atoms with Crippen molar-refractivity contribution in [3.8, 4) is 0 Å². The number of nitrogen functional groups attached to an aromatic ring is 1. The van der Waals surface area contributed by atoms with Crippen molar-refractivity contribution in [2.24, 2.45) is 5.16 Å². The molecule has 1 aromatic rings. The number of anilines is 1. The van der Waals surface area contributed by atoms with E-state index in [0.29, 0.717) is 0 Å². The smallest absolute Gasteiger partial charge is 0.410 e. The quantitative estimate of drug-likeness (QED) is 0.120. The van der Waals surface area contributed by atoms with E-state index in [-0.39, 0.29) is 47.7 Å². The number of hydrogen-bond donors (Lipinski definition) is 4. The van der Waals surface area contributed by atoms with Gasteiger partial charge in [-0.1, -0.05) is 5.16 Å². The molecule has 0 aromatic carbocycles. The zero-order chi connectivity index (χ0) is 24.8. The molecule has 1 aliphatic carbocycles. The zero-order valence-electron chi connectivity index (χ0n) is 17.1. The van der Waals surface area contributed by atoms with Crippen LogP contribution in [0.3, 0.4) is 0 Å². The van der Waals surface area contributed by atoms with Gasteiger partial charge in [0, 0.05) is 24.8 Å². The summed E-state index contributed by atoms with van der Waals surface area (Å²) in [5.74, 6) is -3.48. The second-order valence-electron chi connectivity index (χ2n) is 7.59. The number of nitrogens with zero attached hydrogens (tertiary/aromatic N) is 4. The van der Waals surface area contributed by atoms with Crippen molar-refractivity contribution >= 4 is 56.4 Å². The fourth-order valence-corrected chi connectivity index (χ4v) is 4.78. The highest BCUT2D eigenvalue weighted by atomic mass is 32.2. The summed E-state index contributed by atoms with van der Waals surface area (Å²) in [6, 6.07) is -2.81. The standard InChI is InChI=1S/C16H18N6O10S2/c17-14-18-7(6-33-14)9(20-32-16(1-2-16)13(25)26)11(23)19-10-8(5-21-3-4-31-15(21)27)22(12(10)24)34(28,29)30/h6,8,10H,1-5H2,(H2,17,18)(H,19,23)(H,25,26)(H,28,29,30)/b20-9-. The molecule has 0 spiro atoms. The molecule has 4 rings (SSSR count). The van der Waals surface area contributed by atoms with Crippen LogP contribution in [0.25, 0.3) is 0 Å². The molecule has 5 N–H and O–H groups in total. The summed E-state index contributed by atoms with van der Waals surface area (Å²) in [7, 11) is -4.99. The molecule has 34 heavy (non-hydrogen) atoms. The predicted molar refractivity (Wildman–Crippen MR) is 111 cm³/mol. The molecule has 3 heterocycles. The number of carbonyl (C=O) groups is 4. The van der Waals surface area contributed by atoms with Gasteiger partial charge in [-0.25, -0.2) is 18.9 Å². The maximum atomic E-state index is 13.0. The minimum absolute atomic E-state index is 0.0487. The molecule has 2 atom stereocenters. The number of nitrogens with two attached hydrogens (primary N) is 1. The number of aromatic nitrogens is 1. The fraction of sp³-hybridized carbons (Fsp3) is 0.500. The second-order valence-corrected chi connectivity index (χ2v) is 9.77. The highest BCUT2D eigenvalue weighted by molar-refractivity contribution is 7.84.